The number of likely N-dealkylation sites (tertiary alicyclic amines) is 1. The minimum absolute atomic E-state index is 0.0421. The molecular weight excluding hydrogens is 378 g/mol. The molecule has 1 aliphatic heterocycles. The van der Waals surface area contributed by atoms with Gasteiger partial charge in [-0.3, -0.25) is 19.7 Å². The molecule has 0 bridgehead atoms. The van der Waals surface area contributed by atoms with Gasteiger partial charge in [0.05, 0.1) is 11.6 Å². The molecule has 1 atom stereocenters. The fraction of sp³-hybridized carbons (Fsp3) is 0.304. The van der Waals surface area contributed by atoms with E-state index in [2.05, 4.69) is 26.6 Å². The van der Waals surface area contributed by atoms with Crippen LogP contribution >= 0.6 is 0 Å². The van der Waals surface area contributed by atoms with E-state index in [1.807, 2.05) is 38.1 Å². The molecule has 1 aliphatic rings. The van der Waals surface area contributed by atoms with Crippen LogP contribution < -0.4 is 5.32 Å². The monoisotopic (exact) mass is 403 g/mol. The highest BCUT2D eigenvalue weighted by Crippen LogP contribution is 2.23. The minimum atomic E-state index is -0.230. The predicted molar refractivity (Wildman–Crippen MR) is 115 cm³/mol. The van der Waals surface area contributed by atoms with Crippen LogP contribution in [-0.2, 0) is 4.79 Å². The quantitative estimate of drug-likeness (QED) is 0.697. The maximum Gasteiger partial charge on any atom is 0.271 e. The average Bonchev–Trinajstić information content (AvgIpc) is 3.23. The first kappa shape index (κ1) is 19.8. The lowest BCUT2D eigenvalue weighted by Crippen LogP contribution is -2.43. The first-order valence-electron chi connectivity index (χ1n) is 10.1. The van der Waals surface area contributed by atoms with E-state index in [-0.39, 0.29) is 17.7 Å². The number of benzene rings is 1. The Morgan fingerprint density at radius 3 is 2.57 bits per heavy atom. The van der Waals surface area contributed by atoms with E-state index >= 15 is 0 Å². The van der Waals surface area contributed by atoms with Crippen molar-refractivity contribution in [3.8, 4) is 11.3 Å². The van der Waals surface area contributed by atoms with E-state index in [1.165, 1.54) is 0 Å². The Hall–Kier alpha value is -3.48. The van der Waals surface area contributed by atoms with Crippen molar-refractivity contribution in [2.75, 3.05) is 18.4 Å². The summed E-state index contributed by atoms with van der Waals surface area (Å²) in [5.74, 6) is -0.405. The highest BCUT2D eigenvalue weighted by Gasteiger charge is 2.29. The number of aryl methyl sites for hydroxylation is 2. The summed E-state index contributed by atoms with van der Waals surface area (Å²) in [5, 5.41) is 10.1. The number of rotatable bonds is 4. The van der Waals surface area contributed by atoms with Gasteiger partial charge in [0.2, 0.25) is 5.91 Å². The van der Waals surface area contributed by atoms with Gasteiger partial charge in [0.25, 0.3) is 5.91 Å². The van der Waals surface area contributed by atoms with Crippen molar-refractivity contribution in [2.45, 2.75) is 26.7 Å². The summed E-state index contributed by atoms with van der Waals surface area (Å²) in [4.78, 5) is 31.5. The molecule has 0 unspecified atom stereocenters. The summed E-state index contributed by atoms with van der Waals surface area (Å²) in [6, 6.07) is 11.4. The first-order valence-corrected chi connectivity index (χ1v) is 10.1. The molecule has 3 heterocycles. The van der Waals surface area contributed by atoms with Crippen molar-refractivity contribution in [1.82, 2.24) is 20.1 Å². The maximum atomic E-state index is 13.0. The number of nitrogens with zero attached hydrogens (tertiary/aromatic N) is 3. The smallest absolute Gasteiger partial charge is 0.271 e. The van der Waals surface area contributed by atoms with E-state index < -0.39 is 0 Å². The summed E-state index contributed by atoms with van der Waals surface area (Å²) < 4.78 is 0. The normalized spacial score (nSPS) is 16.3. The molecule has 30 heavy (non-hydrogen) atoms. The second-order valence-corrected chi connectivity index (χ2v) is 7.86. The number of piperidine rings is 1. The van der Waals surface area contributed by atoms with Gasteiger partial charge in [-0.05, 0) is 68.1 Å². The van der Waals surface area contributed by atoms with Crippen LogP contribution in [0.4, 0.5) is 5.69 Å². The standard InChI is InChI=1S/C23H25N5O2/c1-15-10-16(2)12-19(11-15)25-22(29)18-4-3-9-28(14-18)23(30)21-13-20(26-27-21)17-5-7-24-8-6-17/h5-8,10-13,18H,3-4,9,14H2,1-2H3,(H,25,29)(H,26,27)/t18-/m0/s1. The molecule has 4 rings (SSSR count). The summed E-state index contributed by atoms with van der Waals surface area (Å²) in [6.45, 7) is 5.05. The van der Waals surface area contributed by atoms with Gasteiger partial charge in [0.1, 0.15) is 5.69 Å². The van der Waals surface area contributed by atoms with Gasteiger partial charge in [-0.15, -0.1) is 0 Å². The molecule has 1 fully saturated rings. The summed E-state index contributed by atoms with van der Waals surface area (Å²) in [5.41, 5.74) is 5.03. The topological polar surface area (TPSA) is 91.0 Å². The van der Waals surface area contributed by atoms with Gasteiger partial charge in [-0.1, -0.05) is 6.07 Å². The number of aromatic amines is 1. The fourth-order valence-electron chi connectivity index (χ4n) is 3.94. The van der Waals surface area contributed by atoms with Crippen LogP contribution in [0.1, 0.15) is 34.5 Å². The molecule has 7 heteroatoms. The van der Waals surface area contributed by atoms with Crippen LogP contribution in [0.25, 0.3) is 11.3 Å². The lowest BCUT2D eigenvalue weighted by molar-refractivity contribution is -0.121. The van der Waals surface area contributed by atoms with E-state index in [9.17, 15) is 9.59 Å². The molecule has 0 saturated carbocycles. The number of carbonyl (C=O) groups is 2. The van der Waals surface area contributed by atoms with Crippen molar-refractivity contribution in [2.24, 2.45) is 5.92 Å². The lowest BCUT2D eigenvalue weighted by atomic mass is 9.96. The number of hydrogen-bond donors (Lipinski definition) is 2. The number of H-pyrrole nitrogens is 1. The van der Waals surface area contributed by atoms with Crippen molar-refractivity contribution in [1.29, 1.82) is 0 Å². The van der Waals surface area contributed by atoms with Crippen molar-refractivity contribution >= 4 is 17.5 Å². The number of anilines is 1. The molecule has 2 aromatic heterocycles. The van der Waals surface area contributed by atoms with Crippen LogP contribution in [0.15, 0.2) is 48.8 Å². The van der Waals surface area contributed by atoms with Gasteiger partial charge in [-0.2, -0.15) is 5.10 Å². The molecule has 1 saturated heterocycles. The maximum absolute atomic E-state index is 13.0. The minimum Gasteiger partial charge on any atom is -0.337 e. The highest BCUT2D eigenvalue weighted by molar-refractivity contribution is 5.96. The molecule has 7 nitrogen and oxygen atoms in total. The SMILES string of the molecule is Cc1cc(C)cc(NC(=O)[C@H]2CCCN(C(=O)c3cc(-c4ccncc4)n[nH]3)C2)c1. The number of pyridine rings is 1. The third kappa shape index (κ3) is 4.40. The van der Waals surface area contributed by atoms with Crippen LogP contribution in [0, 0.1) is 19.8 Å². The Balaban J connectivity index is 1.42. The lowest BCUT2D eigenvalue weighted by Gasteiger charge is -2.31. The van der Waals surface area contributed by atoms with Crippen molar-refractivity contribution in [3.05, 3.63) is 65.6 Å². The number of amides is 2. The summed E-state index contributed by atoms with van der Waals surface area (Å²) >= 11 is 0. The molecule has 0 radical (unpaired) electrons. The zero-order valence-electron chi connectivity index (χ0n) is 17.2. The van der Waals surface area contributed by atoms with Gasteiger partial charge in [-0.25, -0.2) is 0 Å². The average molecular weight is 403 g/mol. The Morgan fingerprint density at radius 2 is 1.83 bits per heavy atom. The molecule has 0 aliphatic carbocycles. The predicted octanol–water partition coefficient (Wildman–Crippen LogP) is 3.58. The van der Waals surface area contributed by atoms with Gasteiger partial charge >= 0.3 is 0 Å². The zero-order chi connectivity index (χ0) is 21.1. The summed E-state index contributed by atoms with van der Waals surface area (Å²) in [7, 11) is 0. The number of hydrogen-bond acceptors (Lipinski definition) is 4. The molecular formula is C23H25N5O2. The van der Waals surface area contributed by atoms with Crippen LogP contribution in [0.3, 0.4) is 0 Å². The molecule has 2 N–H and O–H groups in total. The Morgan fingerprint density at radius 1 is 1.10 bits per heavy atom. The molecule has 1 aromatic carbocycles. The van der Waals surface area contributed by atoms with E-state index in [0.717, 1.165) is 35.2 Å². The Labute approximate surface area is 175 Å². The number of nitrogens with one attached hydrogen (secondary N) is 2. The largest absolute Gasteiger partial charge is 0.337 e. The second kappa shape index (κ2) is 8.49. The molecule has 154 valence electrons. The van der Waals surface area contributed by atoms with E-state index in [1.54, 1.807) is 23.4 Å². The third-order valence-electron chi connectivity index (χ3n) is 5.35. The van der Waals surface area contributed by atoms with Crippen molar-refractivity contribution < 1.29 is 9.59 Å². The number of carbonyl (C=O) groups excluding carboxylic acids is 2. The second-order valence-electron chi connectivity index (χ2n) is 7.86. The zero-order valence-corrected chi connectivity index (χ0v) is 17.2. The van der Waals surface area contributed by atoms with Crippen molar-refractivity contribution in [3.63, 3.8) is 0 Å². The molecule has 3 aromatic rings. The van der Waals surface area contributed by atoms with E-state index in [4.69, 9.17) is 0 Å². The van der Waals surface area contributed by atoms with Crippen LogP contribution in [-0.4, -0.2) is 45.0 Å². The van der Waals surface area contributed by atoms with Gasteiger partial charge in [0, 0.05) is 36.7 Å². The van der Waals surface area contributed by atoms with Crippen LogP contribution in [0.5, 0.6) is 0 Å². The first-order chi connectivity index (χ1) is 14.5. The molecule has 2 amide bonds. The van der Waals surface area contributed by atoms with Gasteiger partial charge in [0.15, 0.2) is 0 Å². The summed E-state index contributed by atoms with van der Waals surface area (Å²) in [6.07, 6.45) is 4.94. The Kier molecular flexibility index (Phi) is 5.61. The van der Waals surface area contributed by atoms with E-state index in [0.29, 0.717) is 24.5 Å². The highest BCUT2D eigenvalue weighted by atomic mass is 16.2. The third-order valence-corrected chi connectivity index (χ3v) is 5.35. The number of aromatic nitrogens is 3. The Bertz CT molecular complexity index is 1040. The fourth-order valence-corrected chi connectivity index (χ4v) is 3.94. The van der Waals surface area contributed by atoms with Gasteiger partial charge < -0.3 is 10.2 Å². The molecule has 0 spiro atoms. The van der Waals surface area contributed by atoms with Crippen LogP contribution in [0.2, 0.25) is 0 Å².